The summed E-state index contributed by atoms with van der Waals surface area (Å²) in [4.78, 5) is 0. The minimum Gasteiger partial charge on any atom is -0.308 e. The van der Waals surface area contributed by atoms with Crippen molar-refractivity contribution in [1.29, 1.82) is 0 Å². The van der Waals surface area contributed by atoms with Crippen molar-refractivity contribution in [3.63, 3.8) is 0 Å². The molecule has 0 aromatic rings. The van der Waals surface area contributed by atoms with E-state index in [0.29, 0.717) is 0 Å². The fraction of sp³-hybridized carbons (Fsp3) is 1.00. The lowest BCUT2D eigenvalue weighted by Crippen LogP contribution is -2.69. The van der Waals surface area contributed by atoms with E-state index in [1.165, 1.54) is 6.04 Å². The van der Waals surface area contributed by atoms with Gasteiger partial charge >= 0.3 is 0 Å². The van der Waals surface area contributed by atoms with Crippen molar-refractivity contribution in [1.82, 2.24) is 27.4 Å². The van der Waals surface area contributed by atoms with Gasteiger partial charge in [-0.2, -0.15) is 0 Å². The predicted molar refractivity (Wildman–Crippen MR) is 106 cm³/mol. The Balaban J connectivity index is 0. The van der Waals surface area contributed by atoms with Crippen LogP contribution in [0.3, 0.4) is 0 Å². The molecule has 0 aliphatic carbocycles. The summed E-state index contributed by atoms with van der Waals surface area (Å²) in [6, 6.07) is 1.22. The Morgan fingerprint density at radius 3 is 0.773 bits per heavy atom. The van der Waals surface area contributed by atoms with Crippen LogP contribution in [0.25, 0.3) is 0 Å². The van der Waals surface area contributed by atoms with E-state index in [-0.39, 0.29) is 0 Å². The fourth-order valence-corrected chi connectivity index (χ4v) is 10.6. The second kappa shape index (κ2) is 10.9. The molecule has 8 heteroatoms. The summed E-state index contributed by atoms with van der Waals surface area (Å²) in [5.74, 6) is 0. The van der Waals surface area contributed by atoms with Crippen molar-refractivity contribution < 1.29 is 0 Å². The first kappa shape index (κ1) is 24.4. The second-order valence-electron chi connectivity index (χ2n) is 7.05. The van der Waals surface area contributed by atoms with Crippen molar-refractivity contribution in [3.05, 3.63) is 0 Å². The van der Waals surface area contributed by atoms with E-state index in [0.717, 1.165) is 0 Å². The predicted octanol–water partition coefficient (Wildman–Crippen LogP) is 0.0184. The van der Waals surface area contributed by atoms with E-state index < -0.39 is 17.8 Å². The highest BCUT2D eigenvalue weighted by Gasteiger charge is 2.40. The van der Waals surface area contributed by atoms with Crippen LogP contribution in [0.5, 0.6) is 0 Å². The van der Waals surface area contributed by atoms with Gasteiger partial charge in [-0.3, -0.25) is 0 Å². The first-order chi connectivity index (χ1) is 9.85. The molecule has 0 bridgehead atoms. The van der Waals surface area contributed by atoms with Crippen LogP contribution in [0.15, 0.2) is 0 Å². The molecular weight excluding hydrogens is 308 g/mol. The largest absolute Gasteiger partial charge is 0.308 e. The van der Waals surface area contributed by atoms with Gasteiger partial charge in [0.15, 0.2) is 0 Å². The molecule has 0 N–H and O–H groups in total. The molecule has 0 aromatic heterocycles. The van der Waals surface area contributed by atoms with Gasteiger partial charge in [0.05, 0.1) is 0 Å². The normalized spacial score (nSPS) is 13.1. The van der Waals surface area contributed by atoms with Gasteiger partial charge in [0.2, 0.25) is 0 Å². The summed E-state index contributed by atoms with van der Waals surface area (Å²) in [6.07, 6.45) is 0. The zero-order chi connectivity index (χ0) is 18.2. The number of rotatable bonds is 7. The van der Waals surface area contributed by atoms with Crippen LogP contribution < -0.4 is 0 Å². The average Bonchev–Trinajstić information content (AvgIpc) is 2.27. The number of hydrogen-bond donors (Lipinski definition) is 0. The minimum atomic E-state index is -1.50. The monoisotopic (exact) mass is 350 g/mol. The molecule has 22 heavy (non-hydrogen) atoms. The second-order valence-corrected chi connectivity index (χ2v) is 15.8. The Morgan fingerprint density at radius 2 is 0.773 bits per heavy atom. The summed E-state index contributed by atoms with van der Waals surface area (Å²) < 4.78 is 14.1. The molecule has 0 atom stereocenters. The van der Waals surface area contributed by atoms with Gasteiger partial charge in [0.1, 0.15) is 0 Å². The summed E-state index contributed by atoms with van der Waals surface area (Å²) in [5, 5.41) is 0. The Labute approximate surface area is 143 Å². The van der Waals surface area contributed by atoms with Crippen LogP contribution in [0.1, 0.15) is 6.92 Å². The molecule has 0 fully saturated rings. The lowest BCUT2D eigenvalue weighted by atomic mass is 11.0. The zero-order valence-electron chi connectivity index (χ0n) is 17.5. The molecule has 0 aliphatic rings. The maximum atomic E-state index is 2.38. The molecule has 0 aromatic carbocycles. The van der Waals surface area contributed by atoms with Gasteiger partial charge in [-0.1, -0.05) is 6.92 Å². The van der Waals surface area contributed by atoms with Crippen LogP contribution in [0.4, 0.5) is 0 Å². The topological polar surface area (TPSA) is 19.4 Å². The van der Waals surface area contributed by atoms with E-state index in [2.05, 4.69) is 119 Å². The summed E-state index contributed by atoms with van der Waals surface area (Å²) in [6.45, 7) is 2.27. The molecule has 0 amide bonds. The zero-order valence-corrected chi connectivity index (χ0v) is 19.6. The molecule has 6 nitrogen and oxygen atoms in total. The lowest BCUT2D eigenvalue weighted by Gasteiger charge is -2.46. The molecule has 0 rings (SSSR count). The van der Waals surface area contributed by atoms with Gasteiger partial charge in [-0.25, -0.2) is 0 Å². The van der Waals surface area contributed by atoms with Gasteiger partial charge in [0.25, 0.3) is 17.8 Å². The van der Waals surface area contributed by atoms with E-state index in [1.807, 2.05) is 0 Å². The molecule has 0 aliphatic heterocycles. The van der Waals surface area contributed by atoms with Crippen LogP contribution in [-0.4, -0.2) is 130 Å². The van der Waals surface area contributed by atoms with E-state index in [1.54, 1.807) is 0 Å². The van der Waals surface area contributed by atoms with Gasteiger partial charge < -0.3 is 27.4 Å². The van der Waals surface area contributed by atoms with Crippen molar-refractivity contribution in [2.24, 2.45) is 0 Å². The fourth-order valence-electron chi connectivity index (χ4n) is 3.53. The first-order valence-corrected chi connectivity index (χ1v) is 11.5. The van der Waals surface area contributed by atoms with Gasteiger partial charge in [0, 0.05) is 0 Å². The highest BCUT2D eigenvalue weighted by molar-refractivity contribution is 6.71. The van der Waals surface area contributed by atoms with Crippen molar-refractivity contribution in [2.45, 2.75) is 13.0 Å². The summed E-state index contributed by atoms with van der Waals surface area (Å²) in [5.41, 5.74) is 0. The molecular formula is C14H42N6Si2. The Hall–Kier alpha value is 0.194. The SMILES string of the molecule is CC[Si](N(C)C)(N(C)C)N(C)C.CN(C)[SiH](N(C)C)N(C)C. The quantitative estimate of drug-likeness (QED) is 0.599. The lowest BCUT2D eigenvalue weighted by molar-refractivity contribution is 0.378. The maximum Gasteiger partial charge on any atom is 0.287 e. The highest BCUT2D eigenvalue weighted by Crippen LogP contribution is 2.16. The number of hydrogen-bond acceptors (Lipinski definition) is 6. The smallest absolute Gasteiger partial charge is 0.287 e. The Morgan fingerprint density at radius 1 is 0.545 bits per heavy atom. The molecule has 0 heterocycles. The average molecular weight is 351 g/mol. The molecule has 0 spiro atoms. The Bertz CT molecular complexity index is 242. The third-order valence-electron chi connectivity index (χ3n) is 4.01. The van der Waals surface area contributed by atoms with E-state index in [9.17, 15) is 0 Å². The van der Waals surface area contributed by atoms with Crippen LogP contribution in [-0.2, 0) is 0 Å². The molecule has 136 valence electrons. The third kappa shape index (κ3) is 6.75. The van der Waals surface area contributed by atoms with Gasteiger partial charge in [-0.05, 0) is 90.6 Å². The standard InChI is InChI=1S/C8H23N3Si.C6H19N3Si/c1-8-12(9(2)3,10(4)5)11(6)7;1-7(2)10(8(3)4)9(5)6/h8H2,1-7H3;10H,1-6H3. The highest BCUT2D eigenvalue weighted by atomic mass is 28.4. The Kier molecular flexibility index (Phi) is 12.1. The summed E-state index contributed by atoms with van der Waals surface area (Å²) in [7, 11) is 23.4. The van der Waals surface area contributed by atoms with Crippen molar-refractivity contribution in [2.75, 3.05) is 84.6 Å². The summed E-state index contributed by atoms with van der Waals surface area (Å²) >= 11 is 0. The number of nitrogens with zero attached hydrogens (tertiary/aromatic N) is 6. The van der Waals surface area contributed by atoms with Crippen LogP contribution in [0, 0.1) is 0 Å². The van der Waals surface area contributed by atoms with Crippen molar-refractivity contribution >= 4 is 17.8 Å². The van der Waals surface area contributed by atoms with Crippen LogP contribution >= 0.6 is 0 Å². The van der Waals surface area contributed by atoms with Crippen LogP contribution in [0.2, 0.25) is 6.04 Å². The first-order valence-electron chi connectivity index (χ1n) is 7.87. The third-order valence-corrected chi connectivity index (χ3v) is 12.0. The minimum absolute atomic E-state index is 0.954. The van der Waals surface area contributed by atoms with Gasteiger partial charge in [-0.15, -0.1) is 0 Å². The molecule has 0 saturated heterocycles. The maximum absolute atomic E-state index is 2.38. The molecule has 0 radical (unpaired) electrons. The molecule has 0 unspecified atom stereocenters. The van der Waals surface area contributed by atoms with E-state index in [4.69, 9.17) is 0 Å². The van der Waals surface area contributed by atoms with E-state index >= 15 is 0 Å². The van der Waals surface area contributed by atoms with Crippen molar-refractivity contribution in [3.8, 4) is 0 Å². The molecule has 0 saturated carbocycles.